The molecule has 0 aliphatic heterocycles. The van der Waals surface area contributed by atoms with Crippen molar-refractivity contribution in [2.75, 3.05) is 7.05 Å². The highest BCUT2D eigenvalue weighted by atomic mass is 32.2. The summed E-state index contributed by atoms with van der Waals surface area (Å²) in [5.41, 5.74) is 0. The molecular formula is C13H19NO3S. The van der Waals surface area contributed by atoms with Gasteiger partial charge in [-0.25, -0.2) is 8.42 Å². The molecule has 5 heteroatoms. The maximum Gasteiger partial charge on any atom is 0.243 e. The Labute approximate surface area is 108 Å². The first-order chi connectivity index (χ1) is 8.51. The summed E-state index contributed by atoms with van der Waals surface area (Å²) in [5, 5.41) is 9.39. The van der Waals surface area contributed by atoms with E-state index >= 15 is 0 Å². The lowest BCUT2D eigenvalue weighted by Crippen LogP contribution is -2.38. The van der Waals surface area contributed by atoms with Crippen LogP contribution in [0, 0.1) is 0 Å². The van der Waals surface area contributed by atoms with E-state index in [-0.39, 0.29) is 16.7 Å². The van der Waals surface area contributed by atoms with Gasteiger partial charge >= 0.3 is 0 Å². The normalized spacial score (nSPS) is 18.1. The Hall–Kier alpha value is -1.07. The van der Waals surface area contributed by atoms with Gasteiger partial charge in [0.2, 0.25) is 10.0 Å². The zero-order valence-electron chi connectivity index (χ0n) is 10.5. The molecule has 1 fully saturated rings. The molecule has 0 saturated heterocycles. The van der Waals surface area contributed by atoms with Crippen molar-refractivity contribution in [3.8, 4) is 5.75 Å². The number of sulfonamides is 1. The fourth-order valence-corrected chi connectivity index (χ4v) is 3.91. The van der Waals surface area contributed by atoms with Gasteiger partial charge in [-0.3, -0.25) is 0 Å². The number of hydrogen-bond donors (Lipinski definition) is 1. The molecule has 0 atom stereocenters. The van der Waals surface area contributed by atoms with Crippen LogP contribution < -0.4 is 0 Å². The van der Waals surface area contributed by atoms with Crippen LogP contribution in [0.4, 0.5) is 0 Å². The van der Waals surface area contributed by atoms with Crippen LogP contribution in [-0.2, 0) is 10.0 Å². The first kappa shape index (κ1) is 13.4. The Morgan fingerprint density at radius 1 is 1.22 bits per heavy atom. The quantitative estimate of drug-likeness (QED) is 0.916. The van der Waals surface area contributed by atoms with Crippen LogP contribution in [0.3, 0.4) is 0 Å². The van der Waals surface area contributed by atoms with Gasteiger partial charge in [0.1, 0.15) is 5.75 Å². The van der Waals surface area contributed by atoms with Gasteiger partial charge in [0.25, 0.3) is 0 Å². The first-order valence-electron chi connectivity index (χ1n) is 6.29. The van der Waals surface area contributed by atoms with Gasteiger partial charge in [-0.2, -0.15) is 4.31 Å². The number of hydrogen-bond acceptors (Lipinski definition) is 3. The molecule has 1 N–H and O–H groups in total. The fraction of sp³-hybridized carbons (Fsp3) is 0.538. The lowest BCUT2D eigenvalue weighted by Gasteiger charge is -2.30. The third kappa shape index (κ3) is 2.67. The molecule has 0 unspecified atom stereocenters. The molecule has 1 aromatic carbocycles. The van der Waals surface area contributed by atoms with E-state index < -0.39 is 10.0 Å². The fourth-order valence-electron chi connectivity index (χ4n) is 2.45. The van der Waals surface area contributed by atoms with Gasteiger partial charge in [0.15, 0.2) is 0 Å². The van der Waals surface area contributed by atoms with Gasteiger partial charge < -0.3 is 5.11 Å². The predicted molar refractivity (Wildman–Crippen MR) is 69.9 cm³/mol. The highest BCUT2D eigenvalue weighted by Gasteiger charge is 2.29. The summed E-state index contributed by atoms with van der Waals surface area (Å²) in [6.07, 6.45) is 5.22. The van der Waals surface area contributed by atoms with Crippen LogP contribution in [0.5, 0.6) is 5.75 Å². The van der Waals surface area contributed by atoms with E-state index in [1.165, 1.54) is 28.9 Å². The van der Waals surface area contributed by atoms with Crippen LogP contribution in [0.25, 0.3) is 0 Å². The summed E-state index contributed by atoms with van der Waals surface area (Å²) in [6.45, 7) is 0. The number of phenolic OH excluding ortho intramolecular Hbond substituents is 1. The highest BCUT2D eigenvalue weighted by Crippen LogP contribution is 2.27. The predicted octanol–water partition coefficient (Wildman–Crippen LogP) is 2.35. The van der Waals surface area contributed by atoms with Crippen LogP contribution in [-0.4, -0.2) is 30.9 Å². The second-order valence-electron chi connectivity index (χ2n) is 4.81. The Balaban J connectivity index is 2.24. The zero-order valence-corrected chi connectivity index (χ0v) is 11.4. The summed E-state index contributed by atoms with van der Waals surface area (Å²) < 4.78 is 26.3. The van der Waals surface area contributed by atoms with Gasteiger partial charge in [0.05, 0.1) is 4.90 Å². The van der Waals surface area contributed by atoms with Crippen molar-refractivity contribution in [3.63, 3.8) is 0 Å². The Kier molecular flexibility index (Phi) is 3.92. The average Bonchev–Trinajstić information content (AvgIpc) is 2.39. The number of nitrogens with zero attached hydrogens (tertiary/aromatic N) is 1. The third-order valence-corrected chi connectivity index (χ3v) is 5.49. The summed E-state index contributed by atoms with van der Waals surface area (Å²) in [7, 11) is -1.85. The van der Waals surface area contributed by atoms with Crippen molar-refractivity contribution in [2.45, 2.75) is 43.0 Å². The minimum atomic E-state index is -3.49. The van der Waals surface area contributed by atoms with E-state index in [9.17, 15) is 13.5 Å². The zero-order chi connectivity index (χ0) is 13.2. The van der Waals surface area contributed by atoms with Gasteiger partial charge in [-0.05, 0) is 31.0 Å². The molecule has 1 aromatic rings. The minimum absolute atomic E-state index is 0.0203. The lowest BCUT2D eigenvalue weighted by atomic mass is 9.96. The molecule has 18 heavy (non-hydrogen) atoms. The van der Waals surface area contributed by atoms with E-state index in [4.69, 9.17) is 0 Å². The van der Waals surface area contributed by atoms with E-state index in [1.54, 1.807) is 13.1 Å². The molecule has 0 heterocycles. The van der Waals surface area contributed by atoms with Crippen LogP contribution >= 0.6 is 0 Å². The van der Waals surface area contributed by atoms with Gasteiger partial charge in [-0.1, -0.05) is 25.3 Å². The van der Waals surface area contributed by atoms with E-state index in [2.05, 4.69) is 0 Å². The van der Waals surface area contributed by atoms with Crippen molar-refractivity contribution in [1.82, 2.24) is 4.31 Å². The smallest absolute Gasteiger partial charge is 0.243 e. The molecule has 0 spiro atoms. The first-order valence-corrected chi connectivity index (χ1v) is 7.73. The Bertz CT molecular complexity index is 507. The second-order valence-corrected chi connectivity index (χ2v) is 6.81. The van der Waals surface area contributed by atoms with Crippen LogP contribution in [0.2, 0.25) is 0 Å². The minimum Gasteiger partial charge on any atom is -0.508 e. The maximum absolute atomic E-state index is 12.4. The molecule has 100 valence electrons. The number of phenols is 1. The van der Waals surface area contributed by atoms with E-state index in [0.717, 1.165) is 25.7 Å². The molecule has 0 bridgehead atoms. The highest BCUT2D eigenvalue weighted by molar-refractivity contribution is 7.89. The summed E-state index contributed by atoms with van der Waals surface area (Å²) in [6, 6.07) is 5.94. The van der Waals surface area contributed by atoms with E-state index in [0.29, 0.717) is 0 Å². The number of benzene rings is 1. The Morgan fingerprint density at radius 2 is 1.89 bits per heavy atom. The van der Waals surface area contributed by atoms with Crippen molar-refractivity contribution in [1.29, 1.82) is 0 Å². The molecule has 1 saturated carbocycles. The number of aromatic hydroxyl groups is 1. The molecule has 0 radical (unpaired) electrons. The molecular weight excluding hydrogens is 250 g/mol. The molecule has 1 aliphatic carbocycles. The Morgan fingerprint density at radius 3 is 2.50 bits per heavy atom. The summed E-state index contributed by atoms with van der Waals surface area (Å²) in [4.78, 5) is 0.163. The molecule has 1 aliphatic rings. The topological polar surface area (TPSA) is 57.6 Å². The van der Waals surface area contributed by atoms with Crippen LogP contribution in [0.15, 0.2) is 29.2 Å². The van der Waals surface area contributed by atoms with Crippen molar-refractivity contribution < 1.29 is 13.5 Å². The average molecular weight is 269 g/mol. The van der Waals surface area contributed by atoms with Gasteiger partial charge in [-0.15, -0.1) is 0 Å². The van der Waals surface area contributed by atoms with E-state index in [1.807, 2.05) is 0 Å². The van der Waals surface area contributed by atoms with Crippen molar-refractivity contribution in [3.05, 3.63) is 24.3 Å². The second kappa shape index (κ2) is 5.28. The summed E-state index contributed by atoms with van der Waals surface area (Å²) >= 11 is 0. The van der Waals surface area contributed by atoms with Crippen molar-refractivity contribution >= 4 is 10.0 Å². The van der Waals surface area contributed by atoms with Crippen LogP contribution in [0.1, 0.15) is 32.1 Å². The summed E-state index contributed by atoms with van der Waals surface area (Å²) in [5.74, 6) is -0.0203. The molecule has 2 rings (SSSR count). The SMILES string of the molecule is CN(C1CCCCC1)S(=O)(=O)c1cccc(O)c1. The maximum atomic E-state index is 12.4. The van der Waals surface area contributed by atoms with Gasteiger partial charge in [0, 0.05) is 13.1 Å². The standard InChI is InChI=1S/C13H19NO3S/c1-14(11-6-3-2-4-7-11)18(16,17)13-9-5-8-12(15)10-13/h5,8-11,15H,2-4,6-7H2,1H3. The number of rotatable bonds is 3. The molecule has 0 aromatic heterocycles. The monoisotopic (exact) mass is 269 g/mol. The largest absolute Gasteiger partial charge is 0.508 e. The third-order valence-electron chi connectivity index (χ3n) is 3.58. The van der Waals surface area contributed by atoms with Crippen molar-refractivity contribution in [2.24, 2.45) is 0 Å². The lowest BCUT2D eigenvalue weighted by molar-refractivity contribution is 0.285. The molecule has 0 amide bonds. The molecule has 4 nitrogen and oxygen atoms in total.